The summed E-state index contributed by atoms with van der Waals surface area (Å²) >= 11 is 0. The molecule has 0 atom stereocenters. The van der Waals surface area contributed by atoms with Gasteiger partial charge in [-0.05, 0) is 40.5 Å². The summed E-state index contributed by atoms with van der Waals surface area (Å²) in [6, 6.07) is 0. The molecule has 1 aliphatic heterocycles. The summed E-state index contributed by atoms with van der Waals surface area (Å²) in [6.07, 6.45) is 1.25. The minimum Gasteiger partial charge on any atom is -0.784 e. The van der Waals surface area contributed by atoms with E-state index in [2.05, 4.69) is 5.32 Å². The Bertz CT molecular complexity index is 243. The van der Waals surface area contributed by atoms with Gasteiger partial charge >= 0.3 is 0 Å². The van der Waals surface area contributed by atoms with Gasteiger partial charge in [0.2, 0.25) is 5.91 Å². The van der Waals surface area contributed by atoms with Gasteiger partial charge < -0.3 is 15.6 Å². The minimum absolute atomic E-state index is 0.0456. The molecule has 1 aliphatic rings. The van der Waals surface area contributed by atoms with E-state index < -0.39 is 11.1 Å². The molecule has 1 amide bonds. The number of hydroxylamine groups is 2. The van der Waals surface area contributed by atoms with Crippen LogP contribution in [0.15, 0.2) is 0 Å². The Hall–Kier alpha value is -0.610. The molecule has 0 saturated carbocycles. The lowest BCUT2D eigenvalue weighted by molar-refractivity contribution is -0.130. The van der Waals surface area contributed by atoms with Crippen LogP contribution in [-0.2, 0) is 4.79 Å². The fourth-order valence-electron chi connectivity index (χ4n) is 2.65. The molecule has 0 spiro atoms. The standard InChI is InChI=1S/C11H21N2O2/c1-10(2)6-8(9(14)12-5)7-11(3,4)13(10)15/h8H,6-7H2,1-5H3,(H,12,14)/q-1. The normalized spacial score (nSPS) is 26.3. The summed E-state index contributed by atoms with van der Waals surface area (Å²) in [5, 5.41) is 15.8. The highest BCUT2D eigenvalue weighted by Crippen LogP contribution is 2.40. The summed E-state index contributed by atoms with van der Waals surface area (Å²) in [5.74, 6) is -0.00514. The highest BCUT2D eigenvalue weighted by Gasteiger charge is 2.42. The topological polar surface area (TPSA) is 55.4 Å². The van der Waals surface area contributed by atoms with Crippen LogP contribution in [0.25, 0.3) is 0 Å². The number of hydrogen-bond donors (Lipinski definition) is 1. The molecule has 4 nitrogen and oxygen atoms in total. The lowest BCUT2D eigenvalue weighted by atomic mass is 9.75. The molecule has 0 radical (unpaired) electrons. The van der Waals surface area contributed by atoms with Gasteiger partial charge in [-0.25, -0.2) is 0 Å². The van der Waals surface area contributed by atoms with Crippen LogP contribution in [0.3, 0.4) is 0 Å². The Morgan fingerprint density at radius 2 is 1.67 bits per heavy atom. The molecule has 0 unspecified atom stereocenters. The van der Waals surface area contributed by atoms with Crippen LogP contribution >= 0.6 is 0 Å². The summed E-state index contributed by atoms with van der Waals surface area (Å²) in [6.45, 7) is 7.60. The van der Waals surface area contributed by atoms with Crippen LogP contribution in [0.1, 0.15) is 40.5 Å². The zero-order valence-corrected chi connectivity index (χ0v) is 10.3. The van der Waals surface area contributed by atoms with Crippen molar-refractivity contribution in [1.29, 1.82) is 0 Å². The maximum Gasteiger partial charge on any atom is 0.222 e. The van der Waals surface area contributed by atoms with Crippen LogP contribution < -0.4 is 5.32 Å². The third-order valence-corrected chi connectivity index (χ3v) is 3.21. The van der Waals surface area contributed by atoms with Gasteiger partial charge in [0.1, 0.15) is 0 Å². The first-order valence-electron chi connectivity index (χ1n) is 5.40. The number of carbonyl (C=O) groups is 1. The van der Waals surface area contributed by atoms with E-state index in [0.29, 0.717) is 12.8 Å². The van der Waals surface area contributed by atoms with Crippen molar-refractivity contribution >= 4 is 5.91 Å². The second-order valence-corrected chi connectivity index (χ2v) is 5.64. The number of piperidine rings is 1. The van der Waals surface area contributed by atoms with Gasteiger partial charge in [-0.1, -0.05) is 0 Å². The van der Waals surface area contributed by atoms with Crippen LogP contribution in [0, 0.1) is 11.1 Å². The van der Waals surface area contributed by atoms with E-state index in [-0.39, 0.29) is 11.8 Å². The summed E-state index contributed by atoms with van der Waals surface area (Å²) in [7, 11) is 1.64. The number of amides is 1. The SMILES string of the molecule is CNC(=O)C1CC(C)(C)N([O-])C(C)(C)C1. The number of nitrogens with one attached hydrogen (secondary N) is 1. The van der Waals surface area contributed by atoms with E-state index in [9.17, 15) is 10.0 Å². The second-order valence-electron chi connectivity index (χ2n) is 5.64. The van der Waals surface area contributed by atoms with Crippen LogP contribution in [-0.4, -0.2) is 29.1 Å². The lowest BCUT2D eigenvalue weighted by Gasteiger charge is -2.59. The second kappa shape index (κ2) is 3.76. The Morgan fingerprint density at radius 3 is 2.00 bits per heavy atom. The fourth-order valence-corrected chi connectivity index (χ4v) is 2.65. The van der Waals surface area contributed by atoms with Crippen molar-refractivity contribution in [2.45, 2.75) is 51.6 Å². The number of hydrogen-bond acceptors (Lipinski definition) is 3. The van der Waals surface area contributed by atoms with Gasteiger partial charge in [0.25, 0.3) is 0 Å². The highest BCUT2D eigenvalue weighted by molar-refractivity contribution is 5.78. The van der Waals surface area contributed by atoms with Crippen molar-refractivity contribution in [2.75, 3.05) is 7.05 Å². The maximum absolute atomic E-state index is 12.0. The zero-order valence-electron chi connectivity index (χ0n) is 10.3. The van der Waals surface area contributed by atoms with Gasteiger partial charge in [-0.3, -0.25) is 4.79 Å². The van der Waals surface area contributed by atoms with Gasteiger partial charge in [-0.2, -0.15) is 0 Å². The molecule has 1 N–H and O–H groups in total. The molecule has 0 aromatic heterocycles. The number of nitrogens with zero attached hydrogens (tertiary/aromatic N) is 1. The average molecular weight is 213 g/mol. The highest BCUT2D eigenvalue weighted by atomic mass is 16.5. The molecule has 0 aromatic rings. The third kappa shape index (κ3) is 2.32. The molecule has 1 rings (SSSR count). The molecule has 0 aliphatic carbocycles. The molecule has 1 fully saturated rings. The first kappa shape index (κ1) is 12.5. The molecule has 15 heavy (non-hydrogen) atoms. The van der Waals surface area contributed by atoms with E-state index in [1.54, 1.807) is 7.05 Å². The molecular formula is C11H21N2O2-. The first-order chi connectivity index (χ1) is 6.70. The largest absolute Gasteiger partial charge is 0.784 e. The summed E-state index contributed by atoms with van der Waals surface area (Å²) in [5.41, 5.74) is -0.919. The van der Waals surface area contributed by atoms with E-state index >= 15 is 0 Å². The molecule has 4 heteroatoms. The van der Waals surface area contributed by atoms with Crippen molar-refractivity contribution in [3.8, 4) is 0 Å². The predicted molar refractivity (Wildman–Crippen MR) is 60.2 cm³/mol. The van der Waals surface area contributed by atoms with Crippen molar-refractivity contribution in [3.05, 3.63) is 5.21 Å². The zero-order chi connectivity index (χ0) is 11.9. The monoisotopic (exact) mass is 213 g/mol. The number of rotatable bonds is 1. The molecule has 88 valence electrons. The van der Waals surface area contributed by atoms with Crippen molar-refractivity contribution < 1.29 is 4.79 Å². The maximum atomic E-state index is 12.0. The van der Waals surface area contributed by atoms with Gasteiger partial charge in [0.15, 0.2) is 0 Å². The van der Waals surface area contributed by atoms with E-state index in [1.165, 1.54) is 0 Å². The third-order valence-electron chi connectivity index (χ3n) is 3.21. The smallest absolute Gasteiger partial charge is 0.222 e. The molecule has 0 aromatic carbocycles. The van der Waals surface area contributed by atoms with Gasteiger partial charge in [-0.15, -0.1) is 0 Å². The first-order valence-corrected chi connectivity index (χ1v) is 5.40. The fraction of sp³-hybridized carbons (Fsp3) is 0.909. The Morgan fingerprint density at radius 1 is 1.27 bits per heavy atom. The lowest BCUT2D eigenvalue weighted by Crippen LogP contribution is -2.59. The van der Waals surface area contributed by atoms with Crippen molar-refractivity contribution in [1.82, 2.24) is 10.4 Å². The molecular weight excluding hydrogens is 192 g/mol. The van der Waals surface area contributed by atoms with Gasteiger partial charge in [0.05, 0.1) is 0 Å². The van der Waals surface area contributed by atoms with E-state index in [0.717, 1.165) is 5.06 Å². The molecule has 1 heterocycles. The Kier molecular flexibility index (Phi) is 3.12. The van der Waals surface area contributed by atoms with Crippen molar-refractivity contribution in [3.63, 3.8) is 0 Å². The minimum atomic E-state index is -0.459. The number of carbonyl (C=O) groups excluding carboxylic acids is 1. The summed E-state index contributed by atoms with van der Waals surface area (Å²) in [4.78, 5) is 11.6. The quantitative estimate of drug-likeness (QED) is 0.718. The Balaban J connectivity index is 2.89. The van der Waals surface area contributed by atoms with Crippen molar-refractivity contribution in [2.24, 2.45) is 5.92 Å². The molecule has 0 bridgehead atoms. The van der Waals surface area contributed by atoms with E-state index in [4.69, 9.17) is 0 Å². The van der Waals surface area contributed by atoms with E-state index in [1.807, 2.05) is 27.7 Å². The molecule has 1 saturated heterocycles. The van der Waals surface area contributed by atoms with Crippen LogP contribution in [0.2, 0.25) is 0 Å². The van der Waals surface area contributed by atoms with Crippen LogP contribution in [0.4, 0.5) is 0 Å². The van der Waals surface area contributed by atoms with Gasteiger partial charge in [0, 0.05) is 24.0 Å². The Labute approximate surface area is 91.6 Å². The summed E-state index contributed by atoms with van der Waals surface area (Å²) < 4.78 is 0. The van der Waals surface area contributed by atoms with Crippen LogP contribution in [0.5, 0.6) is 0 Å². The average Bonchev–Trinajstić information content (AvgIpc) is 2.11. The predicted octanol–water partition coefficient (Wildman–Crippen LogP) is 1.50.